The maximum Gasteiger partial charge on any atom is 0.233 e. The highest BCUT2D eigenvalue weighted by Gasteiger charge is 2.16. The van der Waals surface area contributed by atoms with Crippen LogP contribution >= 0.6 is 11.8 Å². The van der Waals surface area contributed by atoms with Crippen LogP contribution in [0.2, 0.25) is 0 Å². The molecule has 0 saturated carbocycles. The highest BCUT2D eigenvalue weighted by molar-refractivity contribution is 7.99. The second-order valence-corrected chi connectivity index (χ2v) is 7.68. The topological polar surface area (TPSA) is 58.4 Å². The van der Waals surface area contributed by atoms with E-state index in [1.54, 1.807) is 11.1 Å². The van der Waals surface area contributed by atoms with E-state index in [-0.39, 0.29) is 18.3 Å². The minimum atomic E-state index is -0.0551. The normalized spacial score (nSPS) is 10.8. The Labute approximate surface area is 170 Å². The standard InChI is InChI=1S/C22H25N3O2S/c1-17-12-18(2)14-20(13-17)25-9-8-23-22(25)28-16-21(27)24(10-11-26)15-19-6-4-3-5-7-19/h3-9,12-14,26H,10-11,15-16H2,1-2H3. The van der Waals surface area contributed by atoms with E-state index >= 15 is 0 Å². The van der Waals surface area contributed by atoms with Crippen molar-refractivity contribution in [3.8, 4) is 5.69 Å². The van der Waals surface area contributed by atoms with Crippen molar-refractivity contribution in [3.05, 3.63) is 77.6 Å². The lowest BCUT2D eigenvalue weighted by molar-refractivity contribution is -0.129. The van der Waals surface area contributed by atoms with E-state index in [1.165, 1.54) is 22.9 Å². The van der Waals surface area contributed by atoms with Crippen LogP contribution in [0.15, 0.2) is 66.1 Å². The van der Waals surface area contributed by atoms with E-state index in [2.05, 4.69) is 37.0 Å². The average molecular weight is 396 g/mol. The zero-order valence-electron chi connectivity index (χ0n) is 16.2. The molecule has 0 atom stereocenters. The van der Waals surface area contributed by atoms with Gasteiger partial charge in [0.05, 0.1) is 12.4 Å². The number of imidazole rings is 1. The first-order valence-corrected chi connectivity index (χ1v) is 10.2. The van der Waals surface area contributed by atoms with Crippen LogP contribution in [0.1, 0.15) is 16.7 Å². The van der Waals surface area contributed by atoms with Gasteiger partial charge in [0.25, 0.3) is 0 Å². The Kier molecular flexibility index (Phi) is 6.90. The van der Waals surface area contributed by atoms with Gasteiger partial charge in [-0.05, 0) is 42.7 Å². The van der Waals surface area contributed by atoms with Gasteiger partial charge in [0, 0.05) is 31.2 Å². The molecule has 3 aromatic rings. The fraction of sp³-hybridized carbons (Fsp3) is 0.273. The predicted molar refractivity (Wildman–Crippen MR) is 113 cm³/mol. The Morgan fingerprint density at radius 3 is 2.54 bits per heavy atom. The zero-order valence-corrected chi connectivity index (χ0v) is 17.0. The van der Waals surface area contributed by atoms with Crippen molar-refractivity contribution in [2.24, 2.45) is 0 Å². The third-order valence-corrected chi connectivity index (χ3v) is 5.31. The van der Waals surface area contributed by atoms with Crippen molar-refractivity contribution < 1.29 is 9.90 Å². The molecule has 2 aromatic carbocycles. The number of thioether (sulfide) groups is 1. The molecule has 1 N–H and O–H groups in total. The van der Waals surface area contributed by atoms with Gasteiger partial charge < -0.3 is 10.0 Å². The molecule has 0 aliphatic rings. The van der Waals surface area contributed by atoms with Crippen LogP contribution in [0.4, 0.5) is 0 Å². The summed E-state index contributed by atoms with van der Waals surface area (Å²) >= 11 is 1.41. The number of aliphatic hydroxyl groups is 1. The molecule has 0 saturated heterocycles. The van der Waals surface area contributed by atoms with E-state index in [9.17, 15) is 9.90 Å². The molecule has 146 valence electrons. The lowest BCUT2D eigenvalue weighted by Crippen LogP contribution is -2.34. The lowest BCUT2D eigenvalue weighted by Gasteiger charge is -2.21. The van der Waals surface area contributed by atoms with Crippen molar-refractivity contribution in [1.29, 1.82) is 0 Å². The summed E-state index contributed by atoms with van der Waals surface area (Å²) in [6.45, 7) is 4.90. The highest BCUT2D eigenvalue weighted by atomic mass is 32.2. The second kappa shape index (κ2) is 9.57. The van der Waals surface area contributed by atoms with Crippen LogP contribution in [0.5, 0.6) is 0 Å². The molecule has 3 rings (SSSR count). The summed E-state index contributed by atoms with van der Waals surface area (Å²) in [5, 5.41) is 10.1. The molecule has 0 bridgehead atoms. The summed E-state index contributed by atoms with van der Waals surface area (Å²) in [4.78, 5) is 18.9. The van der Waals surface area contributed by atoms with Crippen LogP contribution in [0.3, 0.4) is 0 Å². The molecular weight excluding hydrogens is 370 g/mol. The summed E-state index contributed by atoms with van der Waals surface area (Å²) in [6, 6.07) is 16.2. The largest absolute Gasteiger partial charge is 0.395 e. The fourth-order valence-electron chi connectivity index (χ4n) is 3.12. The fourth-order valence-corrected chi connectivity index (χ4v) is 3.99. The minimum absolute atomic E-state index is 0.0159. The van der Waals surface area contributed by atoms with Gasteiger partial charge in [-0.15, -0.1) is 0 Å². The Balaban J connectivity index is 1.69. The number of hydrogen-bond donors (Lipinski definition) is 1. The number of aryl methyl sites for hydroxylation is 2. The first kappa shape index (κ1) is 20.2. The first-order valence-electron chi connectivity index (χ1n) is 9.24. The molecule has 28 heavy (non-hydrogen) atoms. The molecule has 0 aliphatic carbocycles. The van der Waals surface area contributed by atoms with Gasteiger partial charge in [-0.25, -0.2) is 4.98 Å². The molecule has 6 heteroatoms. The Bertz CT molecular complexity index is 904. The molecule has 0 spiro atoms. The first-order chi connectivity index (χ1) is 13.6. The number of hydrogen-bond acceptors (Lipinski definition) is 4. The number of rotatable bonds is 8. The SMILES string of the molecule is Cc1cc(C)cc(-n2ccnc2SCC(=O)N(CCO)Cc2ccccc2)c1. The van der Waals surface area contributed by atoms with Crippen molar-refractivity contribution in [3.63, 3.8) is 0 Å². The molecule has 0 aliphatic heterocycles. The molecule has 1 amide bonds. The van der Waals surface area contributed by atoms with Gasteiger partial charge in [-0.2, -0.15) is 0 Å². The second-order valence-electron chi connectivity index (χ2n) is 6.74. The summed E-state index contributed by atoms with van der Waals surface area (Å²) < 4.78 is 2.01. The zero-order chi connectivity index (χ0) is 19.9. The van der Waals surface area contributed by atoms with E-state index in [4.69, 9.17) is 0 Å². The van der Waals surface area contributed by atoms with Gasteiger partial charge >= 0.3 is 0 Å². The molecule has 0 fully saturated rings. The van der Waals surface area contributed by atoms with Crippen LogP contribution < -0.4 is 0 Å². The van der Waals surface area contributed by atoms with E-state index < -0.39 is 0 Å². The Morgan fingerprint density at radius 2 is 1.86 bits per heavy atom. The molecule has 1 aromatic heterocycles. The van der Waals surface area contributed by atoms with Gasteiger partial charge in [0.2, 0.25) is 5.91 Å². The number of benzene rings is 2. The van der Waals surface area contributed by atoms with Gasteiger partial charge in [0.15, 0.2) is 5.16 Å². The van der Waals surface area contributed by atoms with Crippen LogP contribution in [0.25, 0.3) is 5.69 Å². The van der Waals surface area contributed by atoms with E-state index in [1.807, 2.05) is 41.1 Å². The number of aliphatic hydroxyl groups excluding tert-OH is 1. The van der Waals surface area contributed by atoms with Crippen LogP contribution in [-0.4, -0.2) is 44.4 Å². The quantitative estimate of drug-likeness (QED) is 0.592. The monoisotopic (exact) mass is 395 g/mol. The Hall–Kier alpha value is -2.57. The van der Waals surface area contributed by atoms with Crippen LogP contribution in [-0.2, 0) is 11.3 Å². The van der Waals surface area contributed by atoms with Gasteiger partial charge in [-0.1, -0.05) is 48.2 Å². The smallest absolute Gasteiger partial charge is 0.233 e. The Morgan fingerprint density at radius 1 is 1.14 bits per heavy atom. The molecular formula is C22H25N3O2S. The highest BCUT2D eigenvalue weighted by Crippen LogP contribution is 2.22. The third-order valence-electron chi connectivity index (χ3n) is 4.36. The van der Waals surface area contributed by atoms with Crippen LogP contribution in [0, 0.1) is 13.8 Å². The van der Waals surface area contributed by atoms with E-state index in [0.29, 0.717) is 13.1 Å². The number of nitrogens with zero attached hydrogens (tertiary/aromatic N) is 3. The van der Waals surface area contributed by atoms with Crippen molar-refractivity contribution in [1.82, 2.24) is 14.5 Å². The maximum atomic E-state index is 12.7. The van der Waals surface area contributed by atoms with Crippen molar-refractivity contribution >= 4 is 17.7 Å². The molecule has 0 unspecified atom stereocenters. The number of carbonyl (C=O) groups is 1. The molecule has 5 nitrogen and oxygen atoms in total. The molecule has 1 heterocycles. The molecule has 0 radical (unpaired) electrons. The predicted octanol–water partition coefficient (Wildman–Crippen LogP) is 3.60. The average Bonchev–Trinajstić information content (AvgIpc) is 3.14. The number of carbonyl (C=O) groups excluding carboxylic acids is 1. The summed E-state index contributed by atoms with van der Waals surface area (Å²) in [6.07, 6.45) is 3.66. The summed E-state index contributed by atoms with van der Waals surface area (Å²) in [5.41, 5.74) is 4.47. The summed E-state index contributed by atoms with van der Waals surface area (Å²) in [7, 11) is 0. The number of aromatic nitrogens is 2. The van der Waals surface area contributed by atoms with Gasteiger partial charge in [0.1, 0.15) is 0 Å². The third kappa shape index (κ3) is 5.24. The minimum Gasteiger partial charge on any atom is -0.395 e. The van der Waals surface area contributed by atoms with E-state index in [0.717, 1.165) is 16.4 Å². The van der Waals surface area contributed by atoms with Crippen molar-refractivity contribution in [2.75, 3.05) is 18.9 Å². The van der Waals surface area contributed by atoms with Crippen molar-refractivity contribution in [2.45, 2.75) is 25.5 Å². The lowest BCUT2D eigenvalue weighted by atomic mass is 10.1. The summed E-state index contributed by atoms with van der Waals surface area (Å²) in [5.74, 6) is 0.257. The number of amides is 1. The van der Waals surface area contributed by atoms with Gasteiger partial charge in [-0.3, -0.25) is 9.36 Å². The maximum absolute atomic E-state index is 12.7.